The molecule has 0 saturated carbocycles. The number of benzene rings is 2. The summed E-state index contributed by atoms with van der Waals surface area (Å²) in [6, 6.07) is 10.6. The Hall–Kier alpha value is -1.54. The first-order valence-electron chi connectivity index (χ1n) is 6.44. The van der Waals surface area contributed by atoms with Gasteiger partial charge in [-0.1, -0.05) is 24.3 Å². The second-order valence-electron chi connectivity index (χ2n) is 6.31. The van der Waals surface area contributed by atoms with E-state index in [9.17, 15) is 0 Å². The van der Waals surface area contributed by atoms with E-state index in [0.717, 1.165) is 5.69 Å². The fourth-order valence-corrected chi connectivity index (χ4v) is 3.39. The summed E-state index contributed by atoms with van der Waals surface area (Å²) in [4.78, 5) is 0. The molecule has 0 aromatic heterocycles. The Morgan fingerprint density at radius 2 is 1.50 bits per heavy atom. The highest BCUT2D eigenvalue weighted by atomic mass is 15.0. The molecule has 0 aliphatic carbocycles. The number of hydrogen-bond donors (Lipinski definition) is 2. The molecule has 2 aromatic carbocycles. The molecule has 0 amide bonds. The standard InChI is InChI=1S/C16H20N2/c1-15(2)11-7-5-6-10-13(17)9-8-12(14(10)11)16(3,4)18-15/h5-9,18H,17H2,1-4H3. The number of anilines is 1. The average Bonchev–Trinajstić information content (AvgIpc) is 2.26. The van der Waals surface area contributed by atoms with Gasteiger partial charge in [-0.3, -0.25) is 5.32 Å². The molecule has 3 rings (SSSR count). The van der Waals surface area contributed by atoms with Gasteiger partial charge in [-0.25, -0.2) is 0 Å². The summed E-state index contributed by atoms with van der Waals surface area (Å²) >= 11 is 0. The van der Waals surface area contributed by atoms with Gasteiger partial charge in [0.05, 0.1) is 0 Å². The Labute approximate surface area is 108 Å². The molecule has 0 unspecified atom stereocenters. The maximum absolute atomic E-state index is 6.13. The number of nitrogens with two attached hydrogens (primary N) is 1. The molecule has 94 valence electrons. The summed E-state index contributed by atoms with van der Waals surface area (Å²) in [6.07, 6.45) is 0. The van der Waals surface area contributed by atoms with Crippen molar-refractivity contribution in [1.29, 1.82) is 0 Å². The van der Waals surface area contributed by atoms with Gasteiger partial charge in [0.15, 0.2) is 0 Å². The SMILES string of the molecule is CC1(C)NC(C)(C)c2ccc(N)c3cccc1c23. The van der Waals surface area contributed by atoms with Gasteiger partial charge < -0.3 is 5.73 Å². The van der Waals surface area contributed by atoms with Crippen molar-refractivity contribution in [2.75, 3.05) is 5.73 Å². The molecule has 0 bridgehead atoms. The lowest BCUT2D eigenvalue weighted by Crippen LogP contribution is -2.51. The molecule has 1 heterocycles. The van der Waals surface area contributed by atoms with Gasteiger partial charge in [-0.15, -0.1) is 0 Å². The maximum Gasteiger partial charge on any atom is 0.0394 e. The smallest absolute Gasteiger partial charge is 0.0394 e. The number of nitrogens with one attached hydrogen (secondary N) is 1. The predicted molar refractivity (Wildman–Crippen MR) is 77.5 cm³/mol. The zero-order valence-corrected chi connectivity index (χ0v) is 11.5. The quantitative estimate of drug-likeness (QED) is 0.692. The highest BCUT2D eigenvalue weighted by Crippen LogP contribution is 2.43. The van der Waals surface area contributed by atoms with Crippen molar-refractivity contribution >= 4 is 16.5 Å². The predicted octanol–water partition coefficient (Wildman–Crippen LogP) is 3.50. The van der Waals surface area contributed by atoms with E-state index in [1.807, 2.05) is 6.07 Å². The molecule has 0 spiro atoms. The van der Waals surface area contributed by atoms with E-state index in [1.54, 1.807) is 0 Å². The summed E-state index contributed by atoms with van der Waals surface area (Å²) in [5.74, 6) is 0. The Morgan fingerprint density at radius 1 is 0.889 bits per heavy atom. The van der Waals surface area contributed by atoms with Crippen LogP contribution in [0.5, 0.6) is 0 Å². The normalized spacial score (nSPS) is 20.0. The van der Waals surface area contributed by atoms with Gasteiger partial charge >= 0.3 is 0 Å². The van der Waals surface area contributed by atoms with Crippen LogP contribution in [0.15, 0.2) is 30.3 Å². The van der Waals surface area contributed by atoms with E-state index < -0.39 is 0 Å². The van der Waals surface area contributed by atoms with E-state index in [2.05, 4.69) is 57.3 Å². The third-order valence-electron chi connectivity index (χ3n) is 4.05. The molecule has 3 N–H and O–H groups in total. The van der Waals surface area contributed by atoms with E-state index in [4.69, 9.17) is 5.73 Å². The van der Waals surface area contributed by atoms with E-state index in [0.29, 0.717) is 0 Å². The molecule has 1 aliphatic heterocycles. The van der Waals surface area contributed by atoms with Crippen molar-refractivity contribution in [2.45, 2.75) is 38.8 Å². The Balaban J connectivity index is 2.53. The van der Waals surface area contributed by atoms with E-state index >= 15 is 0 Å². The topological polar surface area (TPSA) is 38.0 Å². The Kier molecular flexibility index (Phi) is 2.09. The molecule has 2 heteroatoms. The van der Waals surface area contributed by atoms with Crippen LogP contribution in [-0.2, 0) is 11.1 Å². The second-order valence-corrected chi connectivity index (χ2v) is 6.31. The van der Waals surface area contributed by atoms with E-state index in [-0.39, 0.29) is 11.1 Å². The van der Waals surface area contributed by atoms with Crippen LogP contribution >= 0.6 is 0 Å². The summed E-state index contributed by atoms with van der Waals surface area (Å²) in [5, 5.41) is 6.23. The van der Waals surface area contributed by atoms with Crippen LogP contribution in [-0.4, -0.2) is 0 Å². The molecule has 18 heavy (non-hydrogen) atoms. The van der Waals surface area contributed by atoms with Crippen LogP contribution in [0.2, 0.25) is 0 Å². The van der Waals surface area contributed by atoms with E-state index in [1.165, 1.54) is 21.9 Å². The van der Waals surface area contributed by atoms with Crippen LogP contribution in [0.3, 0.4) is 0 Å². The first-order valence-corrected chi connectivity index (χ1v) is 6.44. The van der Waals surface area contributed by atoms with Gasteiger partial charge in [0.25, 0.3) is 0 Å². The van der Waals surface area contributed by atoms with Crippen molar-refractivity contribution in [3.63, 3.8) is 0 Å². The summed E-state index contributed by atoms with van der Waals surface area (Å²) in [6.45, 7) is 8.93. The Morgan fingerprint density at radius 3 is 2.17 bits per heavy atom. The third kappa shape index (κ3) is 1.39. The molecular formula is C16H20N2. The fraction of sp³-hybridized carbons (Fsp3) is 0.375. The van der Waals surface area contributed by atoms with Crippen LogP contribution < -0.4 is 11.1 Å². The first kappa shape index (κ1) is 11.5. The molecule has 0 radical (unpaired) electrons. The maximum atomic E-state index is 6.13. The second kappa shape index (κ2) is 3.27. The molecule has 0 saturated heterocycles. The molecule has 2 nitrogen and oxygen atoms in total. The van der Waals surface area contributed by atoms with Crippen molar-refractivity contribution in [2.24, 2.45) is 0 Å². The molecule has 0 atom stereocenters. The zero-order valence-electron chi connectivity index (χ0n) is 11.5. The summed E-state index contributed by atoms with van der Waals surface area (Å²) < 4.78 is 0. The van der Waals surface area contributed by atoms with Crippen LogP contribution in [0.1, 0.15) is 38.8 Å². The monoisotopic (exact) mass is 240 g/mol. The van der Waals surface area contributed by atoms with Crippen LogP contribution in [0, 0.1) is 0 Å². The van der Waals surface area contributed by atoms with Gasteiger partial charge in [0.2, 0.25) is 0 Å². The number of hydrogen-bond acceptors (Lipinski definition) is 2. The number of rotatable bonds is 0. The highest BCUT2D eigenvalue weighted by Gasteiger charge is 2.37. The van der Waals surface area contributed by atoms with Crippen molar-refractivity contribution in [1.82, 2.24) is 5.32 Å². The minimum atomic E-state index is -0.0379. The van der Waals surface area contributed by atoms with Crippen molar-refractivity contribution in [3.05, 3.63) is 41.5 Å². The lowest BCUT2D eigenvalue weighted by molar-refractivity contribution is 0.264. The highest BCUT2D eigenvalue weighted by molar-refractivity contribution is 5.99. The zero-order chi connectivity index (χ0) is 13.1. The van der Waals surface area contributed by atoms with Gasteiger partial charge in [-0.2, -0.15) is 0 Å². The van der Waals surface area contributed by atoms with Gasteiger partial charge in [-0.05, 0) is 50.3 Å². The number of nitrogen functional groups attached to an aromatic ring is 1. The molecule has 1 aliphatic rings. The third-order valence-corrected chi connectivity index (χ3v) is 4.05. The lowest BCUT2D eigenvalue weighted by atomic mass is 9.76. The largest absolute Gasteiger partial charge is 0.398 e. The van der Waals surface area contributed by atoms with Gasteiger partial charge in [0, 0.05) is 22.2 Å². The van der Waals surface area contributed by atoms with Crippen LogP contribution in [0.25, 0.3) is 10.8 Å². The van der Waals surface area contributed by atoms with Gasteiger partial charge in [0.1, 0.15) is 0 Å². The van der Waals surface area contributed by atoms with Crippen molar-refractivity contribution < 1.29 is 0 Å². The minimum Gasteiger partial charge on any atom is -0.398 e. The molecule has 0 fully saturated rings. The Bertz CT molecular complexity index is 619. The van der Waals surface area contributed by atoms with Crippen LogP contribution in [0.4, 0.5) is 5.69 Å². The average molecular weight is 240 g/mol. The molecule has 2 aromatic rings. The minimum absolute atomic E-state index is 0.0379. The van der Waals surface area contributed by atoms with Crippen molar-refractivity contribution in [3.8, 4) is 0 Å². The lowest BCUT2D eigenvalue weighted by Gasteiger charge is -2.44. The fourth-order valence-electron chi connectivity index (χ4n) is 3.39. The summed E-state index contributed by atoms with van der Waals surface area (Å²) in [7, 11) is 0. The summed E-state index contributed by atoms with van der Waals surface area (Å²) in [5.41, 5.74) is 9.59. The first-order chi connectivity index (χ1) is 8.33. The molecular weight excluding hydrogens is 220 g/mol.